The molecule has 0 unspecified atom stereocenters. The van der Waals surface area contributed by atoms with Crippen LogP contribution >= 0.6 is 0 Å². The Morgan fingerprint density at radius 1 is 1.31 bits per heavy atom. The zero-order valence-corrected chi connectivity index (χ0v) is 6.87. The minimum Gasteiger partial charge on any atom is -0.492 e. The van der Waals surface area contributed by atoms with Gasteiger partial charge >= 0.3 is 0 Å². The highest BCUT2D eigenvalue weighted by Gasteiger charge is 2.24. The largest absolute Gasteiger partial charge is 0.492 e. The molecule has 0 atom stereocenters. The SMILES string of the molecule is COc1c(-c2ccco2)c(=O)c1=O. The smallest absolute Gasteiger partial charge is 0.269 e. The molecule has 2 aromatic rings. The molecule has 0 spiro atoms. The maximum atomic E-state index is 11.1. The minimum atomic E-state index is -0.589. The molecule has 1 heterocycles. The highest BCUT2D eigenvalue weighted by atomic mass is 16.5. The quantitative estimate of drug-likeness (QED) is 0.630. The van der Waals surface area contributed by atoms with E-state index in [9.17, 15) is 9.59 Å². The van der Waals surface area contributed by atoms with Crippen molar-refractivity contribution in [2.24, 2.45) is 0 Å². The molecule has 4 heteroatoms. The predicted octanol–water partition coefficient (Wildman–Crippen LogP) is 0.551. The molecule has 1 aromatic heterocycles. The van der Waals surface area contributed by atoms with E-state index in [2.05, 4.69) is 0 Å². The number of furan rings is 1. The van der Waals surface area contributed by atoms with Gasteiger partial charge < -0.3 is 9.15 Å². The lowest BCUT2D eigenvalue weighted by atomic mass is 10.1. The molecule has 13 heavy (non-hydrogen) atoms. The predicted molar refractivity (Wildman–Crippen MR) is 45.6 cm³/mol. The summed E-state index contributed by atoms with van der Waals surface area (Å²) in [7, 11) is 1.35. The van der Waals surface area contributed by atoms with E-state index in [1.165, 1.54) is 13.4 Å². The van der Waals surface area contributed by atoms with Gasteiger partial charge in [-0.25, -0.2) is 0 Å². The first-order valence-electron chi connectivity index (χ1n) is 3.67. The van der Waals surface area contributed by atoms with Gasteiger partial charge in [0.1, 0.15) is 11.3 Å². The first-order valence-corrected chi connectivity index (χ1v) is 3.67. The van der Waals surface area contributed by atoms with Gasteiger partial charge in [0, 0.05) is 0 Å². The van der Waals surface area contributed by atoms with Gasteiger partial charge in [0.05, 0.1) is 13.4 Å². The fourth-order valence-electron chi connectivity index (χ4n) is 1.21. The second kappa shape index (κ2) is 2.58. The van der Waals surface area contributed by atoms with Crippen molar-refractivity contribution < 1.29 is 9.15 Å². The van der Waals surface area contributed by atoms with Gasteiger partial charge in [-0.3, -0.25) is 9.59 Å². The lowest BCUT2D eigenvalue weighted by Gasteiger charge is -2.05. The van der Waals surface area contributed by atoms with Crippen LogP contribution in [0.5, 0.6) is 5.75 Å². The number of methoxy groups -OCH3 is 1. The molecule has 0 bridgehead atoms. The highest BCUT2D eigenvalue weighted by molar-refractivity contribution is 5.69. The molecule has 0 aliphatic carbocycles. The Kier molecular flexibility index (Phi) is 1.55. The fraction of sp³-hybridized carbons (Fsp3) is 0.111. The van der Waals surface area contributed by atoms with Crippen molar-refractivity contribution in [3.05, 3.63) is 38.8 Å². The number of ether oxygens (including phenoxy) is 1. The molecule has 0 saturated carbocycles. The van der Waals surface area contributed by atoms with Crippen LogP contribution in [-0.2, 0) is 0 Å². The Labute approximate surface area is 73.1 Å². The monoisotopic (exact) mass is 178 g/mol. The first kappa shape index (κ1) is 7.79. The summed E-state index contributed by atoms with van der Waals surface area (Å²) in [5.41, 5.74) is -0.904. The lowest BCUT2D eigenvalue weighted by Crippen LogP contribution is -2.33. The van der Waals surface area contributed by atoms with Crippen LogP contribution in [0.15, 0.2) is 32.4 Å². The van der Waals surface area contributed by atoms with Crippen LogP contribution in [0, 0.1) is 0 Å². The third-order valence-electron chi connectivity index (χ3n) is 1.84. The summed E-state index contributed by atoms with van der Waals surface area (Å²) in [6, 6.07) is 3.25. The average Bonchev–Trinajstić information content (AvgIpc) is 2.64. The van der Waals surface area contributed by atoms with Gasteiger partial charge in [-0.05, 0) is 12.1 Å². The molecule has 0 amide bonds. The Morgan fingerprint density at radius 3 is 2.62 bits per heavy atom. The number of rotatable bonds is 2. The van der Waals surface area contributed by atoms with Gasteiger partial charge in [0.2, 0.25) is 5.43 Å². The van der Waals surface area contributed by atoms with Crippen LogP contribution in [0.1, 0.15) is 0 Å². The maximum Gasteiger partial charge on any atom is 0.269 e. The van der Waals surface area contributed by atoms with Crippen LogP contribution in [0.3, 0.4) is 0 Å². The van der Waals surface area contributed by atoms with E-state index >= 15 is 0 Å². The van der Waals surface area contributed by atoms with Crippen LogP contribution < -0.4 is 15.6 Å². The van der Waals surface area contributed by atoms with Crippen LogP contribution in [0.2, 0.25) is 0 Å². The molecule has 1 aromatic carbocycles. The Bertz CT molecular complexity index is 486. The van der Waals surface area contributed by atoms with Crippen molar-refractivity contribution in [1.82, 2.24) is 0 Å². The zero-order valence-electron chi connectivity index (χ0n) is 6.87. The zero-order chi connectivity index (χ0) is 9.42. The van der Waals surface area contributed by atoms with Crippen molar-refractivity contribution >= 4 is 0 Å². The average molecular weight is 178 g/mol. The summed E-state index contributed by atoms with van der Waals surface area (Å²) in [6.45, 7) is 0. The molecule has 0 N–H and O–H groups in total. The molecule has 4 nitrogen and oxygen atoms in total. The summed E-state index contributed by atoms with van der Waals surface area (Å²) in [6.07, 6.45) is 1.44. The van der Waals surface area contributed by atoms with Crippen molar-refractivity contribution in [1.29, 1.82) is 0 Å². The molecule has 0 radical (unpaired) electrons. The van der Waals surface area contributed by atoms with Crippen molar-refractivity contribution in [2.75, 3.05) is 7.11 Å². The third-order valence-corrected chi connectivity index (χ3v) is 1.84. The maximum absolute atomic E-state index is 11.1. The van der Waals surface area contributed by atoms with E-state index in [1.54, 1.807) is 12.1 Å². The summed E-state index contributed by atoms with van der Waals surface area (Å²) in [5.74, 6) is 0.460. The Morgan fingerprint density at radius 2 is 2.08 bits per heavy atom. The van der Waals surface area contributed by atoms with E-state index in [1.807, 2.05) is 0 Å². The number of hydrogen-bond acceptors (Lipinski definition) is 4. The molecule has 0 saturated heterocycles. The second-order valence-electron chi connectivity index (χ2n) is 2.54. The summed E-state index contributed by atoms with van der Waals surface area (Å²) in [5, 5.41) is 0. The van der Waals surface area contributed by atoms with Crippen molar-refractivity contribution in [3.63, 3.8) is 0 Å². The highest BCUT2D eigenvalue weighted by Crippen LogP contribution is 2.24. The Hall–Kier alpha value is -1.84. The molecular formula is C9H6O4. The molecule has 0 aliphatic rings. The first-order chi connectivity index (χ1) is 6.25. The van der Waals surface area contributed by atoms with E-state index in [0.717, 1.165) is 0 Å². The van der Waals surface area contributed by atoms with Gasteiger partial charge in [-0.15, -0.1) is 0 Å². The van der Waals surface area contributed by atoms with Gasteiger partial charge in [-0.1, -0.05) is 0 Å². The molecule has 0 fully saturated rings. The van der Waals surface area contributed by atoms with Crippen LogP contribution in [0.4, 0.5) is 0 Å². The van der Waals surface area contributed by atoms with Crippen LogP contribution in [0.25, 0.3) is 11.3 Å². The van der Waals surface area contributed by atoms with Gasteiger partial charge in [-0.2, -0.15) is 0 Å². The third kappa shape index (κ3) is 0.917. The molecular weight excluding hydrogens is 172 g/mol. The van der Waals surface area contributed by atoms with Crippen molar-refractivity contribution in [3.8, 4) is 17.1 Å². The summed E-state index contributed by atoms with van der Waals surface area (Å²) in [4.78, 5) is 22.0. The van der Waals surface area contributed by atoms with E-state index < -0.39 is 10.9 Å². The molecule has 2 rings (SSSR count). The van der Waals surface area contributed by atoms with Gasteiger partial charge in [0.25, 0.3) is 5.43 Å². The van der Waals surface area contributed by atoms with E-state index in [0.29, 0.717) is 5.76 Å². The topological polar surface area (TPSA) is 56.5 Å². The fourth-order valence-corrected chi connectivity index (χ4v) is 1.21. The van der Waals surface area contributed by atoms with Gasteiger partial charge in [0.15, 0.2) is 5.75 Å². The number of hydrogen-bond donors (Lipinski definition) is 0. The summed E-state index contributed by atoms with van der Waals surface area (Å²) >= 11 is 0. The summed E-state index contributed by atoms with van der Waals surface area (Å²) < 4.78 is 9.73. The Balaban J connectivity index is 2.61. The van der Waals surface area contributed by atoms with Crippen LogP contribution in [-0.4, -0.2) is 7.11 Å². The normalized spacial score (nSPS) is 10.5. The van der Waals surface area contributed by atoms with E-state index in [-0.39, 0.29) is 11.3 Å². The lowest BCUT2D eigenvalue weighted by molar-refractivity contribution is 0.405. The minimum absolute atomic E-state index is 0.0833. The van der Waals surface area contributed by atoms with E-state index in [4.69, 9.17) is 9.15 Å². The molecule has 0 aliphatic heterocycles. The molecule has 66 valence electrons. The standard InChI is InChI=1S/C9H6O4/c1-12-9-6(7(10)8(9)11)5-3-2-4-13-5/h2-4H,1H3. The van der Waals surface area contributed by atoms with Crippen molar-refractivity contribution in [2.45, 2.75) is 0 Å². The second-order valence-corrected chi connectivity index (χ2v) is 2.54.